The highest BCUT2D eigenvalue weighted by molar-refractivity contribution is 7.89. The van der Waals surface area contributed by atoms with Gasteiger partial charge in [0, 0.05) is 31.3 Å². The minimum Gasteiger partial charge on any atom is -0.307 e. The third-order valence-corrected chi connectivity index (χ3v) is 5.65. The topological polar surface area (TPSA) is 101 Å². The number of nitrogens with zero attached hydrogens (tertiary/aromatic N) is 5. The van der Waals surface area contributed by atoms with Crippen molar-refractivity contribution < 1.29 is 8.42 Å². The van der Waals surface area contributed by atoms with Crippen molar-refractivity contribution in [1.29, 1.82) is 0 Å². The molecular weight excluding hydrogens is 316 g/mol. The van der Waals surface area contributed by atoms with E-state index in [1.165, 1.54) is 4.31 Å². The Bertz CT molecular complexity index is 768. The molecule has 1 saturated heterocycles. The van der Waals surface area contributed by atoms with E-state index >= 15 is 0 Å². The fourth-order valence-electron chi connectivity index (χ4n) is 2.67. The molecule has 0 bridgehead atoms. The zero-order valence-corrected chi connectivity index (χ0v) is 13.6. The van der Waals surface area contributed by atoms with Crippen LogP contribution in [0.5, 0.6) is 0 Å². The minimum absolute atomic E-state index is 0.0777. The summed E-state index contributed by atoms with van der Waals surface area (Å²) in [6.07, 6.45) is 7.90. The average molecular weight is 334 g/mol. The van der Waals surface area contributed by atoms with Crippen molar-refractivity contribution in [3.05, 3.63) is 36.5 Å². The van der Waals surface area contributed by atoms with Gasteiger partial charge in [0.05, 0.1) is 11.8 Å². The first-order chi connectivity index (χ1) is 11.1. The van der Waals surface area contributed by atoms with Crippen LogP contribution in [0.2, 0.25) is 0 Å². The van der Waals surface area contributed by atoms with Crippen molar-refractivity contribution in [2.45, 2.75) is 25.8 Å². The lowest BCUT2D eigenvalue weighted by Crippen LogP contribution is -2.32. The monoisotopic (exact) mass is 334 g/mol. The largest absolute Gasteiger partial charge is 0.307 e. The van der Waals surface area contributed by atoms with E-state index in [2.05, 4.69) is 25.3 Å². The van der Waals surface area contributed by atoms with Gasteiger partial charge in [-0.25, -0.2) is 23.4 Å². The van der Waals surface area contributed by atoms with E-state index in [1.807, 2.05) is 0 Å². The molecule has 1 aliphatic heterocycles. The zero-order valence-electron chi connectivity index (χ0n) is 12.8. The maximum atomic E-state index is 12.3. The summed E-state index contributed by atoms with van der Waals surface area (Å²) >= 11 is 0. The van der Waals surface area contributed by atoms with E-state index in [9.17, 15) is 8.42 Å². The molecule has 0 amide bonds. The van der Waals surface area contributed by atoms with Gasteiger partial charge >= 0.3 is 0 Å². The smallest absolute Gasteiger partial charge is 0.228 e. The lowest BCUT2D eigenvalue weighted by molar-refractivity contribution is 0.391. The first kappa shape index (κ1) is 15.8. The van der Waals surface area contributed by atoms with E-state index < -0.39 is 10.0 Å². The number of sulfonamides is 1. The van der Waals surface area contributed by atoms with Crippen LogP contribution in [0.3, 0.4) is 0 Å². The van der Waals surface area contributed by atoms with Crippen LogP contribution >= 0.6 is 0 Å². The normalized spacial score (nSPS) is 18.9. The van der Waals surface area contributed by atoms with Crippen LogP contribution in [0.15, 0.2) is 30.9 Å². The summed E-state index contributed by atoms with van der Waals surface area (Å²) in [5, 5.41) is 3.02. The van der Waals surface area contributed by atoms with E-state index in [-0.39, 0.29) is 11.8 Å². The zero-order chi connectivity index (χ0) is 16.3. The molecule has 1 atom stereocenters. The van der Waals surface area contributed by atoms with Crippen molar-refractivity contribution in [3.8, 4) is 0 Å². The second kappa shape index (κ2) is 6.55. The summed E-state index contributed by atoms with van der Waals surface area (Å²) in [6, 6.07) is 1.41. The summed E-state index contributed by atoms with van der Waals surface area (Å²) in [5.41, 5.74) is 0.606. The summed E-state index contributed by atoms with van der Waals surface area (Å²) in [7, 11) is -3.28. The predicted octanol–water partition coefficient (Wildman–Crippen LogP) is 1.50. The van der Waals surface area contributed by atoms with Crippen LogP contribution in [0.1, 0.15) is 31.5 Å². The summed E-state index contributed by atoms with van der Waals surface area (Å²) in [6.45, 7) is 2.16. The van der Waals surface area contributed by atoms with E-state index in [0.717, 1.165) is 12.8 Å². The molecule has 0 saturated carbocycles. The molecule has 0 aliphatic carbocycles. The van der Waals surface area contributed by atoms with Crippen LogP contribution in [-0.4, -0.2) is 45.0 Å². The Hall–Kier alpha value is -2.13. The van der Waals surface area contributed by atoms with Crippen LogP contribution in [0.4, 0.5) is 11.8 Å². The van der Waals surface area contributed by atoms with Crippen LogP contribution in [0, 0.1) is 0 Å². The summed E-state index contributed by atoms with van der Waals surface area (Å²) in [5.74, 6) is 0.966. The Morgan fingerprint density at radius 2 is 1.91 bits per heavy atom. The third-order valence-electron chi connectivity index (χ3n) is 3.76. The van der Waals surface area contributed by atoms with Crippen molar-refractivity contribution in [1.82, 2.24) is 24.2 Å². The highest BCUT2D eigenvalue weighted by Gasteiger charge is 2.36. The van der Waals surface area contributed by atoms with Crippen molar-refractivity contribution in [2.24, 2.45) is 0 Å². The number of hydrogen-bond acceptors (Lipinski definition) is 7. The average Bonchev–Trinajstić information content (AvgIpc) is 3.07. The second-order valence-corrected chi connectivity index (χ2v) is 7.37. The van der Waals surface area contributed by atoms with Gasteiger partial charge in [0.1, 0.15) is 5.69 Å². The first-order valence-electron chi connectivity index (χ1n) is 7.46. The first-order valence-corrected chi connectivity index (χ1v) is 9.07. The highest BCUT2D eigenvalue weighted by Crippen LogP contribution is 2.36. The predicted molar refractivity (Wildman–Crippen MR) is 85.5 cm³/mol. The lowest BCUT2D eigenvalue weighted by Gasteiger charge is -2.24. The van der Waals surface area contributed by atoms with E-state index in [0.29, 0.717) is 24.0 Å². The number of aromatic nitrogens is 4. The van der Waals surface area contributed by atoms with Gasteiger partial charge in [-0.05, 0) is 25.8 Å². The molecule has 3 rings (SSSR count). The van der Waals surface area contributed by atoms with Crippen LogP contribution in [-0.2, 0) is 10.0 Å². The SMILES string of the molecule is CCS(=O)(=O)N1CCCC1c1nccnc1Nc1ncccn1. The number of anilines is 2. The van der Waals surface area contributed by atoms with Gasteiger partial charge in [-0.1, -0.05) is 0 Å². The Labute approximate surface area is 135 Å². The summed E-state index contributed by atoms with van der Waals surface area (Å²) in [4.78, 5) is 16.9. The van der Waals surface area contributed by atoms with E-state index in [4.69, 9.17) is 0 Å². The van der Waals surface area contributed by atoms with Crippen molar-refractivity contribution in [2.75, 3.05) is 17.6 Å². The fourth-order valence-corrected chi connectivity index (χ4v) is 4.00. The highest BCUT2D eigenvalue weighted by atomic mass is 32.2. The van der Waals surface area contributed by atoms with E-state index in [1.54, 1.807) is 37.8 Å². The molecule has 23 heavy (non-hydrogen) atoms. The van der Waals surface area contributed by atoms with Gasteiger partial charge < -0.3 is 5.32 Å². The van der Waals surface area contributed by atoms with Crippen LogP contribution < -0.4 is 5.32 Å². The maximum absolute atomic E-state index is 12.3. The van der Waals surface area contributed by atoms with Crippen LogP contribution in [0.25, 0.3) is 0 Å². The molecule has 0 aromatic carbocycles. The molecule has 1 aliphatic rings. The molecule has 1 fully saturated rings. The van der Waals surface area contributed by atoms with Gasteiger partial charge in [-0.3, -0.25) is 4.98 Å². The Morgan fingerprint density at radius 3 is 2.65 bits per heavy atom. The molecular formula is C14H18N6O2S. The minimum atomic E-state index is -3.28. The van der Waals surface area contributed by atoms with Crippen molar-refractivity contribution >= 4 is 21.8 Å². The van der Waals surface area contributed by atoms with Crippen molar-refractivity contribution in [3.63, 3.8) is 0 Å². The van der Waals surface area contributed by atoms with Gasteiger partial charge in [0.2, 0.25) is 16.0 Å². The molecule has 2 aromatic rings. The van der Waals surface area contributed by atoms with Gasteiger partial charge in [-0.2, -0.15) is 4.31 Å². The van der Waals surface area contributed by atoms with Gasteiger partial charge in [0.25, 0.3) is 0 Å². The molecule has 0 radical (unpaired) electrons. The Kier molecular flexibility index (Phi) is 4.49. The fraction of sp³-hybridized carbons (Fsp3) is 0.429. The molecule has 3 heterocycles. The number of rotatable bonds is 5. The van der Waals surface area contributed by atoms with Gasteiger partial charge in [-0.15, -0.1) is 0 Å². The summed E-state index contributed by atoms with van der Waals surface area (Å²) < 4.78 is 26.1. The second-order valence-electron chi connectivity index (χ2n) is 5.16. The Balaban J connectivity index is 1.94. The maximum Gasteiger partial charge on any atom is 0.228 e. The molecule has 9 heteroatoms. The molecule has 8 nitrogen and oxygen atoms in total. The Morgan fingerprint density at radius 1 is 1.17 bits per heavy atom. The standard InChI is InChI=1S/C14H18N6O2S/c1-2-23(21,22)20-10-3-5-11(20)12-13(16-9-8-15-12)19-14-17-6-4-7-18-14/h4,6-9,11H,2-3,5,10H2,1H3,(H,16,17,18,19). The molecule has 1 unspecified atom stereocenters. The molecule has 1 N–H and O–H groups in total. The number of nitrogens with one attached hydrogen (secondary N) is 1. The quantitative estimate of drug-likeness (QED) is 0.884. The van der Waals surface area contributed by atoms with Gasteiger partial charge in [0.15, 0.2) is 5.82 Å². The third kappa shape index (κ3) is 3.30. The lowest BCUT2D eigenvalue weighted by atomic mass is 10.1. The number of hydrogen-bond donors (Lipinski definition) is 1. The molecule has 122 valence electrons. The molecule has 2 aromatic heterocycles. The molecule has 0 spiro atoms.